The predicted octanol–water partition coefficient (Wildman–Crippen LogP) is 4.88. The van der Waals surface area contributed by atoms with Crippen LogP contribution in [0.4, 0.5) is 11.8 Å². The second-order valence-corrected chi connectivity index (χ2v) is 13.2. The van der Waals surface area contributed by atoms with Gasteiger partial charge in [-0.3, -0.25) is 9.78 Å². The number of carbonyl (C=O) groups is 1. The van der Waals surface area contributed by atoms with Crippen molar-refractivity contribution in [1.82, 2.24) is 19.9 Å². The van der Waals surface area contributed by atoms with Crippen molar-refractivity contribution in [3.63, 3.8) is 0 Å². The fourth-order valence-electron chi connectivity index (χ4n) is 6.04. The number of aliphatic hydroxyl groups excluding tert-OH is 2. The molecule has 10 heteroatoms. The predicted molar refractivity (Wildman–Crippen MR) is 164 cm³/mol. The number of hydrogen-bond acceptors (Lipinski definition) is 10. The molecule has 3 aliphatic carbocycles. The van der Waals surface area contributed by atoms with Crippen LogP contribution < -0.4 is 10.6 Å². The molecule has 3 aliphatic rings. The average Bonchev–Trinajstić information content (AvgIpc) is 3.91. The third-order valence-corrected chi connectivity index (χ3v) is 9.75. The summed E-state index contributed by atoms with van der Waals surface area (Å²) in [5.41, 5.74) is 4.53. The van der Waals surface area contributed by atoms with Crippen LogP contribution in [-0.2, 0) is 11.2 Å². The Morgan fingerprint density at radius 1 is 1.02 bits per heavy atom. The van der Waals surface area contributed by atoms with Crippen molar-refractivity contribution < 1.29 is 15.0 Å². The SMILES string of the molecule is Cc1nc(NCC2CC2)nc(N[C@@H]2C[C@H](CC(=O)Cc3ccccc3)[C@@H](O)[C@H]2O)c1-c1nc2c(C3CC3)nccc2s1. The molecule has 4 aromatic rings. The maximum Gasteiger partial charge on any atom is 0.224 e. The Hall–Kier alpha value is -3.47. The summed E-state index contributed by atoms with van der Waals surface area (Å²) in [7, 11) is 0. The van der Waals surface area contributed by atoms with Gasteiger partial charge in [0.05, 0.1) is 33.8 Å². The largest absolute Gasteiger partial charge is 0.390 e. The highest BCUT2D eigenvalue weighted by Gasteiger charge is 2.43. The summed E-state index contributed by atoms with van der Waals surface area (Å²) >= 11 is 1.59. The van der Waals surface area contributed by atoms with Gasteiger partial charge in [-0.05, 0) is 62.5 Å². The number of nitrogens with zero attached hydrogens (tertiary/aromatic N) is 4. The van der Waals surface area contributed by atoms with Crippen LogP contribution in [0.15, 0.2) is 42.6 Å². The van der Waals surface area contributed by atoms with E-state index in [1.54, 1.807) is 11.3 Å². The number of nitrogens with one attached hydrogen (secondary N) is 2. The molecular formula is C32H36N6O3S. The Labute approximate surface area is 248 Å². The molecule has 3 heterocycles. The highest BCUT2D eigenvalue weighted by molar-refractivity contribution is 7.21. The van der Waals surface area contributed by atoms with Gasteiger partial charge in [-0.25, -0.2) is 9.97 Å². The molecule has 0 unspecified atom stereocenters. The van der Waals surface area contributed by atoms with Gasteiger partial charge in [0.2, 0.25) is 5.95 Å². The minimum atomic E-state index is -1.04. The molecule has 0 bridgehead atoms. The molecule has 4 atom stereocenters. The van der Waals surface area contributed by atoms with E-state index in [9.17, 15) is 15.0 Å². The van der Waals surface area contributed by atoms with E-state index >= 15 is 0 Å². The van der Waals surface area contributed by atoms with E-state index in [0.29, 0.717) is 36.4 Å². The Balaban J connectivity index is 1.16. The van der Waals surface area contributed by atoms with E-state index in [-0.39, 0.29) is 18.1 Å². The molecule has 0 spiro atoms. The van der Waals surface area contributed by atoms with Gasteiger partial charge in [0.15, 0.2) is 0 Å². The third kappa shape index (κ3) is 5.75. The van der Waals surface area contributed by atoms with Crippen LogP contribution in [0, 0.1) is 18.8 Å². The van der Waals surface area contributed by atoms with E-state index < -0.39 is 18.2 Å². The zero-order valence-electron chi connectivity index (χ0n) is 23.7. The van der Waals surface area contributed by atoms with E-state index in [1.165, 1.54) is 12.8 Å². The van der Waals surface area contributed by atoms with Gasteiger partial charge in [-0.1, -0.05) is 30.3 Å². The molecule has 0 amide bonds. The molecule has 1 aromatic carbocycles. The van der Waals surface area contributed by atoms with Gasteiger partial charge in [-0.2, -0.15) is 4.98 Å². The van der Waals surface area contributed by atoms with E-state index in [2.05, 4.69) is 15.6 Å². The second-order valence-electron chi connectivity index (χ2n) is 12.1. The molecule has 218 valence electrons. The number of carbonyl (C=O) groups excluding carboxylic acids is 1. The highest BCUT2D eigenvalue weighted by atomic mass is 32.1. The molecule has 42 heavy (non-hydrogen) atoms. The number of aromatic nitrogens is 4. The zero-order valence-corrected chi connectivity index (χ0v) is 24.5. The molecule has 0 saturated heterocycles. The van der Waals surface area contributed by atoms with Crippen LogP contribution in [0.25, 0.3) is 20.8 Å². The lowest BCUT2D eigenvalue weighted by molar-refractivity contribution is -0.120. The first kappa shape index (κ1) is 27.4. The number of rotatable bonds is 11. The average molecular weight is 585 g/mol. The molecule has 0 aliphatic heterocycles. The van der Waals surface area contributed by atoms with Gasteiger partial charge in [0.25, 0.3) is 0 Å². The molecule has 4 N–H and O–H groups in total. The Morgan fingerprint density at radius 2 is 1.83 bits per heavy atom. The van der Waals surface area contributed by atoms with E-state index in [1.807, 2.05) is 49.5 Å². The summed E-state index contributed by atoms with van der Waals surface area (Å²) in [6, 6.07) is 11.2. The monoisotopic (exact) mass is 584 g/mol. The summed E-state index contributed by atoms with van der Waals surface area (Å²) in [6.07, 6.45) is 5.53. The summed E-state index contributed by atoms with van der Waals surface area (Å²) in [6.45, 7) is 2.79. The Morgan fingerprint density at radius 3 is 2.60 bits per heavy atom. The van der Waals surface area contributed by atoms with Crippen LogP contribution in [-0.4, -0.2) is 60.7 Å². The van der Waals surface area contributed by atoms with Crippen LogP contribution >= 0.6 is 11.3 Å². The van der Waals surface area contributed by atoms with Crippen LogP contribution in [0.3, 0.4) is 0 Å². The Bertz CT molecular complexity index is 1600. The smallest absolute Gasteiger partial charge is 0.224 e. The molecular weight excluding hydrogens is 548 g/mol. The van der Waals surface area contributed by atoms with Crippen molar-refractivity contribution in [3.8, 4) is 10.6 Å². The van der Waals surface area contributed by atoms with Crippen molar-refractivity contribution in [2.75, 3.05) is 17.2 Å². The Kier molecular flexibility index (Phi) is 7.37. The van der Waals surface area contributed by atoms with Gasteiger partial charge < -0.3 is 20.8 Å². The zero-order chi connectivity index (χ0) is 28.8. The maximum absolute atomic E-state index is 12.9. The highest BCUT2D eigenvalue weighted by Crippen LogP contribution is 2.45. The summed E-state index contributed by atoms with van der Waals surface area (Å²) < 4.78 is 1.08. The maximum atomic E-state index is 12.9. The van der Waals surface area contributed by atoms with Crippen molar-refractivity contribution in [1.29, 1.82) is 0 Å². The molecule has 0 radical (unpaired) electrons. The second kappa shape index (κ2) is 11.3. The van der Waals surface area contributed by atoms with Gasteiger partial charge >= 0.3 is 0 Å². The topological polar surface area (TPSA) is 133 Å². The van der Waals surface area contributed by atoms with E-state index in [0.717, 1.165) is 57.1 Å². The van der Waals surface area contributed by atoms with E-state index in [4.69, 9.17) is 15.0 Å². The lowest BCUT2D eigenvalue weighted by Crippen LogP contribution is -2.35. The summed E-state index contributed by atoms with van der Waals surface area (Å²) in [4.78, 5) is 32.2. The molecule has 3 saturated carbocycles. The first-order valence-electron chi connectivity index (χ1n) is 15.0. The van der Waals surface area contributed by atoms with Crippen LogP contribution in [0.1, 0.15) is 61.4 Å². The number of ketones is 1. The minimum absolute atomic E-state index is 0.0535. The first-order chi connectivity index (χ1) is 20.4. The standard InChI is InChI=1S/C32H36N6O3S/c1-17-25(31-37-27-24(42-31)11-12-33-26(27)20-9-10-20)30(38-32(35-17)34-16-19-7-8-19)36-23-15-21(28(40)29(23)41)14-22(39)13-18-5-3-2-4-6-18/h2-6,11-12,19-21,23,28-29,40-41H,7-10,13-16H2,1H3,(H2,34,35,36,38)/t21-,23+,28+,29-/m0/s1. The molecule has 7 rings (SSSR count). The van der Waals surface area contributed by atoms with Crippen LogP contribution in [0.5, 0.6) is 0 Å². The number of fused-ring (bicyclic) bond motifs is 1. The summed E-state index contributed by atoms with van der Waals surface area (Å²) in [5.74, 6) is 1.95. The lowest BCUT2D eigenvalue weighted by Gasteiger charge is -2.21. The quantitative estimate of drug-likeness (QED) is 0.195. The third-order valence-electron chi connectivity index (χ3n) is 8.71. The minimum Gasteiger partial charge on any atom is -0.390 e. The number of pyridine rings is 1. The van der Waals surface area contributed by atoms with Gasteiger partial charge in [-0.15, -0.1) is 11.3 Å². The number of benzene rings is 1. The van der Waals surface area contributed by atoms with Gasteiger partial charge in [0, 0.05) is 31.5 Å². The number of thiazole rings is 1. The van der Waals surface area contributed by atoms with Crippen molar-refractivity contribution in [3.05, 3.63) is 59.5 Å². The normalized spacial score (nSPS) is 23.8. The fraction of sp³-hybridized carbons (Fsp3) is 0.469. The molecule has 9 nitrogen and oxygen atoms in total. The van der Waals surface area contributed by atoms with Crippen molar-refractivity contribution in [2.24, 2.45) is 11.8 Å². The molecule has 3 fully saturated rings. The first-order valence-corrected chi connectivity index (χ1v) is 15.8. The summed E-state index contributed by atoms with van der Waals surface area (Å²) in [5, 5.41) is 29.7. The van der Waals surface area contributed by atoms with Crippen molar-refractivity contribution in [2.45, 2.75) is 76.0 Å². The molecule has 3 aromatic heterocycles. The number of anilines is 2. The number of aryl methyl sites for hydroxylation is 1. The van der Waals surface area contributed by atoms with Crippen molar-refractivity contribution >= 4 is 39.1 Å². The fourth-order valence-corrected chi connectivity index (χ4v) is 7.11. The van der Waals surface area contributed by atoms with Gasteiger partial charge in [0.1, 0.15) is 28.2 Å². The number of Topliss-reactive ketones (excluding diaryl/α,β-unsaturated/α-hetero) is 1. The number of hydrogen-bond donors (Lipinski definition) is 4. The van der Waals surface area contributed by atoms with Crippen LogP contribution in [0.2, 0.25) is 0 Å². The number of aliphatic hydroxyl groups is 2. The lowest BCUT2D eigenvalue weighted by atomic mass is 9.95.